The number of hydrogen-bond donors (Lipinski definition) is 5. The number of amides is 1. The van der Waals surface area contributed by atoms with Crippen molar-refractivity contribution in [1.29, 1.82) is 0 Å². The number of hydrogen-bond acceptors (Lipinski definition) is 7. The second-order valence-corrected chi connectivity index (χ2v) is 9.09. The molecule has 0 saturated carbocycles. The van der Waals surface area contributed by atoms with Crippen LogP contribution in [0.4, 0.5) is 0 Å². The van der Waals surface area contributed by atoms with Crippen LogP contribution in [0.3, 0.4) is 0 Å². The number of alkyl halides is 1. The minimum atomic E-state index is -1.39. The molecule has 9 unspecified atom stereocenters. The molecule has 2 rings (SSSR count). The molecule has 0 aliphatic carbocycles. The van der Waals surface area contributed by atoms with Crippen LogP contribution in [0, 0.1) is 12.5 Å². The van der Waals surface area contributed by atoms with Crippen molar-refractivity contribution in [2.45, 2.75) is 73.5 Å². The molecule has 2 aliphatic heterocycles. The van der Waals surface area contributed by atoms with Crippen molar-refractivity contribution in [3.63, 3.8) is 0 Å². The van der Waals surface area contributed by atoms with Gasteiger partial charge in [0.25, 0.3) is 0 Å². The van der Waals surface area contributed by atoms with Gasteiger partial charge in [0, 0.05) is 5.92 Å². The number of ether oxygens (including phenoxy) is 1. The summed E-state index contributed by atoms with van der Waals surface area (Å²) in [5.74, 6) is 0.0334. The number of nitrogens with one attached hydrogen (secondary N) is 2. The lowest BCUT2D eigenvalue weighted by molar-refractivity contribution is -0.205. The molecular weight excluding hydrogens is 406 g/mol. The standard InChI is InChI=1S/C18H30ClN3O5S/c1-9(19)12(16-14(24)13(23)15(25)18(27-16)28-3)22-17(26)11-5-4-10(8-20-2)6-7-21-11/h9-16,18,21,23-25H,4-8H2,1,3H3,(H,22,26). The van der Waals surface area contributed by atoms with Gasteiger partial charge in [-0.2, -0.15) is 0 Å². The first-order chi connectivity index (χ1) is 13.3. The Morgan fingerprint density at radius 1 is 1.32 bits per heavy atom. The molecule has 10 heteroatoms. The molecule has 9 atom stereocenters. The van der Waals surface area contributed by atoms with Gasteiger partial charge in [-0.3, -0.25) is 4.79 Å². The predicted molar refractivity (Wildman–Crippen MR) is 108 cm³/mol. The van der Waals surface area contributed by atoms with E-state index in [0.29, 0.717) is 19.5 Å². The highest BCUT2D eigenvalue weighted by Gasteiger charge is 2.48. The quantitative estimate of drug-likeness (QED) is 0.293. The van der Waals surface area contributed by atoms with Gasteiger partial charge in [-0.15, -0.1) is 23.4 Å². The van der Waals surface area contributed by atoms with Crippen molar-refractivity contribution in [2.75, 3.05) is 19.3 Å². The molecule has 1 amide bonds. The Bertz CT molecular complexity index is 562. The van der Waals surface area contributed by atoms with E-state index in [2.05, 4.69) is 15.5 Å². The Labute approximate surface area is 175 Å². The van der Waals surface area contributed by atoms with Crippen LogP contribution in [-0.2, 0) is 9.53 Å². The maximum atomic E-state index is 12.8. The summed E-state index contributed by atoms with van der Waals surface area (Å²) in [7, 11) is 0. The molecule has 8 nitrogen and oxygen atoms in total. The van der Waals surface area contributed by atoms with Crippen LogP contribution < -0.4 is 10.6 Å². The van der Waals surface area contributed by atoms with Gasteiger partial charge in [0.05, 0.1) is 17.5 Å². The van der Waals surface area contributed by atoms with Crippen molar-refractivity contribution in [3.8, 4) is 0 Å². The monoisotopic (exact) mass is 435 g/mol. The number of aliphatic hydroxyl groups is 3. The molecule has 2 fully saturated rings. The van der Waals surface area contributed by atoms with Gasteiger partial charge in [0.1, 0.15) is 29.9 Å². The Morgan fingerprint density at radius 3 is 2.64 bits per heavy atom. The van der Waals surface area contributed by atoms with Crippen molar-refractivity contribution < 1.29 is 24.9 Å². The average Bonchev–Trinajstić information content (AvgIpc) is 2.91. The Kier molecular flexibility index (Phi) is 9.28. The molecule has 2 aliphatic rings. The maximum absolute atomic E-state index is 12.8. The fraction of sp³-hybridized carbons (Fsp3) is 0.889. The van der Waals surface area contributed by atoms with Crippen LogP contribution in [0.25, 0.3) is 4.85 Å². The lowest BCUT2D eigenvalue weighted by Gasteiger charge is -2.44. The second kappa shape index (κ2) is 11.0. The van der Waals surface area contributed by atoms with Crippen LogP contribution in [0.15, 0.2) is 0 Å². The van der Waals surface area contributed by atoms with Gasteiger partial charge in [0.2, 0.25) is 12.5 Å². The number of halogens is 1. The molecule has 0 radical (unpaired) electrons. The molecule has 0 spiro atoms. The Balaban J connectivity index is 2.05. The summed E-state index contributed by atoms with van der Waals surface area (Å²) in [5.41, 5.74) is -0.733. The zero-order valence-corrected chi connectivity index (χ0v) is 17.7. The van der Waals surface area contributed by atoms with E-state index < -0.39 is 47.3 Å². The lowest BCUT2D eigenvalue weighted by Crippen LogP contribution is -2.65. The molecule has 0 aromatic heterocycles. The number of rotatable bonds is 6. The third kappa shape index (κ3) is 5.72. The summed E-state index contributed by atoms with van der Waals surface area (Å²) >= 11 is 7.50. The minimum absolute atomic E-state index is 0.252. The Hall–Kier alpha value is -0.600. The average molecular weight is 436 g/mol. The molecule has 5 N–H and O–H groups in total. The predicted octanol–water partition coefficient (Wildman–Crippen LogP) is -0.0533. The normalized spacial score (nSPS) is 38.7. The maximum Gasteiger partial charge on any atom is 0.237 e. The summed E-state index contributed by atoms with van der Waals surface area (Å²) < 4.78 is 5.77. The first kappa shape index (κ1) is 23.7. The highest BCUT2D eigenvalue weighted by Crippen LogP contribution is 2.30. The van der Waals surface area contributed by atoms with E-state index in [9.17, 15) is 20.1 Å². The SMILES string of the molecule is [C-]#[N+]CC1CCNC(C(=O)NC(C(C)Cl)C2OC(SC)C(O)C(O)C2O)CC1. The highest BCUT2D eigenvalue weighted by molar-refractivity contribution is 7.99. The molecule has 0 bridgehead atoms. The number of carbonyl (C=O) groups is 1. The molecule has 2 heterocycles. The Morgan fingerprint density at radius 2 is 2.04 bits per heavy atom. The van der Waals surface area contributed by atoms with Crippen molar-refractivity contribution >= 4 is 29.3 Å². The summed E-state index contributed by atoms with van der Waals surface area (Å²) in [6.07, 6.45) is -0.979. The number of aliphatic hydroxyl groups excluding tert-OH is 3. The molecule has 0 aromatic carbocycles. The van der Waals surface area contributed by atoms with E-state index in [4.69, 9.17) is 22.9 Å². The van der Waals surface area contributed by atoms with Crippen LogP contribution in [0.5, 0.6) is 0 Å². The largest absolute Gasteiger partial charge is 0.388 e. The number of thioether (sulfide) groups is 1. The molecule has 160 valence electrons. The van der Waals surface area contributed by atoms with E-state index in [0.717, 1.165) is 12.8 Å². The van der Waals surface area contributed by atoms with Crippen LogP contribution >= 0.6 is 23.4 Å². The topological polar surface area (TPSA) is 115 Å². The molecular formula is C18H30ClN3O5S. The van der Waals surface area contributed by atoms with Crippen LogP contribution in [-0.4, -0.2) is 87.9 Å². The lowest BCUT2D eigenvalue weighted by atomic mass is 9.92. The van der Waals surface area contributed by atoms with Crippen LogP contribution in [0.1, 0.15) is 26.2 Å². The summed E-state index contributed by atoms with van der Waals surface area (Å²) in [6, 6.07) is -1.16. The molecule has 2 saturated heterocycles. The zero-order chi connectivity index (χ0) is 20.8. The van der Waals surface area contributed by atoms with Gasteiger partial charge >= 0.3 is 0 Å². The van der Waals surface area contributed by atoms with E-state index in [-0.39, 0.29) is 11.8 Å². The van der Waals surface area contributed by atoms with Crippen molar-refractivity contribution in [3.05, 3.63) is 11.4 Å². The molecule has 28 heavy (non-hydrogen) atoms. The van der Waals surface area contributed by atoms with E-state index in [1.165, 1.54) is 11.8 Å². The second-order valence-electron chi connectivity index (χ2n) is 7.47. The first-order valence-electron chi connectivity index (χ1n) is 9.53. The summed E-state index contributed by atoms with van der Waals surface area (Å²) in [5, 5.41) is 36.1. The summed E-state index contributed by atoms with van der Waals surface area (Å²) in [6.45, 7) is 9.82. The first-order valence-corrected chi connectivity index (χ1v) is 11.3. The number of carbonyl (C=O) groups excluding carboxylic acids is 1. The van der Waals surface area contributed by atoms with E-state index >= 15 is 0 Å². The smallest absolute Gasteiger partial charge is 0.237 e. The fourth-order valence-corrected chi connectivity index (χ4v) is 4.62. The van der Waals surface area contributed by atoms with Crippen molar-refractivity contribution in [1.82, 2.24) is 10.6 Å². The summed E-state index contributed by atoms with van der Waals surface area (Å²) in [4.78, 5) is 16.3. The van der Waals surface area contributed by atoms with Gasteiger partial charge in [-0.05, 0) is 39.0 Å². The van der Waals surface area contributed by atoms with Gasteiger partial charge in [0.15, 0.2) is 0 Å². The third-order valence-electron chi connectivity index (χ3n) is 5.47. The minimum Gasteiger partial charge on any atom is -0.388 e. The van der Waals surface area contributed by atoms with Gasteiger partial charge in [-0.25, -0.2) is 6.57 Å². The van der Waals surface area contributed by atoms with E-state index in [1.54, 1.807) is 13.2 Å². The van der Waals surface area contributed by atoms with Gasteiger partial charge in [-0.1, -0.05) is 0 Å². The van der Waals surface area contributed by atoms with E-state index in [1.807, 2.05) is 0 Å². The van der Waals surface area contributed by atoms with Crippen LogP contribution in [0.2, 0.25) is 0 Å². The highest BCUT2D eigenvalue weighted by atomic mass is 35.5. The number of nitrogens with zero attached hydrogens (tertiary/aromatic N) is 1. The molecule has 0 aromatic rings. The third-order valence-corrected chi connectivity index (χ3v) is 6.60. The zero-order valence-electron chi connectivity index (χ0n) is 16.1. The van der Waals surface area contributed by atoms with Gasteiger partial charge < -0.3 is 35.5 Å². The fourth-order valence-electron chi connectivity index (χ4n) is 3.73. The van der Waals surface area contributed by atoms with Crippen molar-refractivity contribution in [2.24, 2.45) is 5.92 Å².